The molecule has 1 atom stereocenters. The molecule has 6 rings (SSSR count). The fourth-order valence-electron chi connectivity index (χ4n) is 4.76. The Kier molecular flexibility index (Phi) is 8.33. The van der Waals surface area contributed by atoms with Crippen LogP contribution in [-0.4, -0.2) is 51.6 Å². The van der Waals surface area contributed by atoms with Crippen LogP contribution < -0.4 is 21.8 Å². The van der Waals surface area contributed by atoms with Crippen molar-refractivity contribution in [3.05, 3.63) is 36.3 Å². The second kappa shape index (κ2) is 11.8. The molecule has 2 bridgehead atoms. The summed E-state index contributed by atoms with van der Waals surface area (Å²) in [7, 11) is 0. The van der Waals surface area contributed by atoms with E-state index in [1.165, 1.54) is 37.9 Å². The number of pyridine rings is 1. The van der Waals surface area contributed by atoms with Crippen LogP contribution in [-0.2, 0) is 14.4 Å². The maximum Gasteiger partial charge on any atom is 0.235 e. The molecule has 36 heavy (non-hydrogen) atoms. The van der Waals surface area contributed by atoms with Crippen LogP contribution in [0.15, 0.2) is 24.7 Å². The molecule has 3 fully saturated rings. The van der Waals surface area contributed by atoms with Crippen LogP contribution in [0, 0.1) is 23.5 Å². The zero-order chi connectivity index (χ0) is 25.5. The molecular weight excluding hydrogens is 474 g/mol. The minimum atomic E-state index is -0.459. The van der Waals surface area contributed by atoms with E-state index in [0.29, 0.717) is 34.7 Å². The number of halogens is 2. The number of carbonyl (C=O) groups is 2. The lowest BCUT2D eigenvalue weighted by Gasteiger charge is -2.42. The zero-order valence-corrected chi connectivity index (χ0v) is 19.5. The van der Waals surface area contributed by atoms with Gasteiger partial charge in [0.05, 0.1) is 18.9 Å². The maximum atomic E-state index is 14.3. The van der Waals surface area contributed by atoms with E-state index >= 15 is 0 Å². The van der Waals surface area contributed by atoms with Crippen molar-refractivity contribution >= 4 is 29.2 Å². The van der Waals surface area contributed by atoms with Crippen molar-refractivity contribution in [1.29, 1.82) is 0 Å². The topological polar surface area (TPSA) is 160 Å². The van der Waals surface area contributed by atoms with E-state index in [2.05, 4.69) is 35.4 Å². The summed E-state index contributed by atoms with van der Waals surface area (Å²) >= 11 is 0. The van der Waals surface area contributed by atoms with Crippen LogP contribution in [0.5, 0.6) is 0 Å². The van der Waals surface area contributed by atoms with E-state index in [4.69, 9.17) is 5.73 Å². The van der Waals surface area contributed by atoms with Gasteiger partial charge in [-0.2, -0.15) is 0 Å². The van der Waals surface area contributed by atoms with Crippen LogP contribution in [0.2, 0.25) is 0 Å². The highest BCUT2D eigenvalue weighted by Crippen LogP contribution is 2.42. The van der Waals surface area contributed by atoms with Crippen molar-refractivity contribution in [3.8, 4) is 11.4 Å². The van der Waals surface area contributed by atoms with Gasteiger partial charge in [-0.3, -0.25) is 14.4 Å². The fourth-order valence-corrected chi connectivity index (χ4v) is 4.76. The fraction of sp³-hybridized carbons (Fsp3) is 0.435. The Labute approximate surface area is 205 Å². The first-order chi connectivity index (χ1) is 17.5. The third-order valence-corrected chi connectivity index (χ3v) is 6.51. The number of aromatic nitrogens is 4. The van der Waals surface area contributed by atoms with E-state index in [1.807, 2.05) is 5.48 Å². The molecule has 3 aromatic rings. The largest absolute Gasteiger partial charge is 0.364 e. The van der Waals surface area contributed by atoms with Crippen LogP contribution in [0.3, 0.4) is 0 Å². The highest BCUT2D eigenvalue weighted by molar-refractivity contribution is 5.91. The number of hydroxylamine groups is 1. The van der Waals surface area contributed by atoms with Crippen molar-refractivity contribution in [2.75, 3.05) is 18.6 Å². The van der Waals surface area contributed by atoms with E-state index in [1.54, 1.807) is 6.20 Å². The Bertz CT molecular complexity index is 1200. The average Bonchev–Trinajstić information content (AvgIpc) is 3.32. The number of nitrogens with zero attached hydrogens (tertiary/aromatic N) is 3. The number of fused-ring (bicyclic) bond motifs is 4. The molecule has 3 aromatic heterocycles. The molecule has 2 amide bonds. The average molecular weight is 503 g/mol. The number of nitrogens with one attached hydrogen (secondary N) is 4. The number of hydrogen-bond donors (Lipinski definition) is 5. The van der Waals surface area contributed by atoms with Gasteiger partial charge in [0.15, 0.2) is 17.5 Å². The molecule has 3 aliphatic rings. The smallest absolute Gasteiger partial charge is 0.235 e. The molecule has 3 heterocycles. The Morgan fingerprint density at radius 2 is 2.03 bits per heavy atom. The summed E-state index contributed by atoms with van der Waals surface area (Å²) in [6.07, 6.45) is 10.4. The Hall–Kier alpha value is -3.71. The van der Waals surface area contributed by atoms with Gasteiger partial charge in [-0.1, -0.05) is 12.8 Å². The first-order valence-corrected chi connectivity index (χ1v) is 11.7. The normalized spacial score (nSPS) is 20.4. The molecule has 13 heteroatoms. The first-order valence-electron chi connectivity index (χ1n) is 11.7. The minimum absolute atomic E-state index is 0.0746. The highest BCUT2D eigenvalue weighted by atomic mass is 19.1. The molecule has 3 saturated carbocycles. The lowest BCUT2D eigenvalue weighted by Crippen LogP contribution is -2.40. The Balaban J connectivity index is 0.000000261. The quantitative estimate of drug-likeness (QED) is 0.135. The molecule has 0 radical (unpaired) electrons. The molecular formula is C23H28F2N8O3. The van der Waals surface area contributed by atoms with Crippen molar-refractivity contribution < 1.29 is 23.2 Å². The number of carbonyl (C=O) groups excluding carboxylic acids is 2. The second-order valence-corrected chi connectivity index (χ2v) is 8.74. The first kappa shape index (κ1) is 25.4. The summed E-state index contributed by atoms with van der Waals surface area (Å²) in [4.78, 5) is 39.7. The standard InChI is InChI=1S/C19H19F2N5.C4H9N3O3/c20-12-6-13-14(8-23-17(13)22-7-12)18-24-9-15(21)19(26-18)25-16-5-10-1-3-11(16)4-2-10;5-1-4(9)6-3-10-7-2-8/h6-11,16H,1-5H2,(H,22,23)(H,24,25,26);2H,1,3,5H2,(H,6,9)(H,7,8). The predicted octanol–water partition coefficient (Wildman–Crippen LogP) is 1.99. The third kappa shape index (κ3) is 6.10. The Morgan fingerprint density at radius 1 is 1.22 bits per heavy atom. The molecule has 192 valence electrons. The molecule has 0 spiro atoms. The lowest BCUT2D eigenvalue weighted by atomic mass is 9.68. The Morgan fingerprint density at radius 3 is 2.72 bits per heavy atom. The highest BCUT2D eigenvalue weighted by Gasteiger charge is 2.36. The van der Waals surface area contributed by atoms with Crippen molar-refractivity contribution in [3.63, 3.8) is 0 Å². The molecule has 11 nitrogen and oxygen atoms in total. The zero-order valence-electron chi connectivity index (χ0n) is 19.5. The van der Waals surface area contributed by atoms with Gasteiger partial charge < -0.3 is 21.4 Å². The van der Waals surface area contributed by atoms with Crippen LogP contribution >= 0.6 is 0 Å². The number of anilines is 1. The van der Waals surface area contributed by atoms with Gasteiger partial charge in [0.1, 0.15) is 18.2 Å². The van der Waals surface area contributed by atoms with Crippen LogP contribution in [0.4, 0.5) is 14.6 Å². The number of H-pyrrole nitrogens is 1. The molecule has 0 aliphatic heterocycles. The minimum Gasteiger partial charge on any atom is -0.364 e. The SMILES string of the molecule is Fc1cnc2[nH]cc(-c3ncc(F)c(NC4CC5CCC4CC5)n3)c2c1.NCC(=O)NCONC=O. The van der Waals surface area contributed by atoms with Gasteiger partial charge in [-0.15, -0.1) is 0 Å². The van der Waals surface area contributed by atoms with E-state index < -0.39 is 11.6 Å². The molecule has 0 saturated heterocycles. The molecule has 1 unspecified atom stereocenters. The molecule has 6 N–H and O–H groups in total. The summed E-state index contributed by atoms with van der Waals surface area (Å²) in [6, 6.07) is 1.65. The van der Waals surface area contributed by atoms with E-state index in [9.17, 15) is 18.4 Å². The summed E-state index contributed by atoms with van der Waals surface area (Å²) in [5.74, 6) is 0.678. The monoisotopic (exact) mass is 502 g/mol. The van der Waals surface area contributed by atoms with Gasteiger partial charge in [0, 0.05) is 23.2 Å². The van der Waals surface area contributed by atoms with Gasteiger partial charge >= 0.3 is 0 Å². The summed E-state index contributed by atoms with van der Waals surface area (Å²) < 4.78 is 27.9. The molecule has 0 aromatic carbocycles. The number of hydrogen-bond acceptors (Lipinski definition) is 8. The summed E-state index contributed by atoms with van der Waals surface area (Å²) in [6.45, 7) is -0.167. The van der Waals surface area contributed by atoms with Crippen LogP contribution in [0.1, 0.15) is 32.1 Å². The number of rotatable bonds is 8. The third-order valence-electron chi connectivity index (χ3n) is 6.51. The summed E-state index contributed by atoms with van der Waals surface area (Å²) in [5.41, 5.74) is 7.98. The van der Waals surface area contributed by atoms with Crippen molar-refractivity contribution in [2.24, 2.45) is 17.6 Å². The number of nitrogens with two attached hydrogens (primary N) is 1. The maximum absolute atomic E-state index is 14.3. The van der Waals surface area contributed by atoms with Gasteiger partial charge in [-0.25, -0.2) is 29.2 Å². The van der Waals surface area contributed by atoms with E-state index in [-0.39, 0.29) is 31.0 Å². The van der Waals surface area contributed by atoms with Gasteiger partial charge in [0.2, 0.25) is 12.3 Å². The summed E-state index contributed by atoms with van der Waals surface area (Å²) in [5, 5.41) is 6.16. The second-order valence-electron chi connectivity index (χ2n) is 8.74. The van der Waals surface area contributed by atoms with Gasteiger partial charge in [-0.05, 0) is 37.2 Å². The van der Waals surface area contributed by atoms with Crippen molar-refractivity contribution in [1.82, 2.24) is 30.7 Å². The lowest BCUT2D eigenvalue weighted by molar-refractivity contribution is -0.127. The predicted molar refractivity (Wildman–Crippen MR) is 127 cm³/mol. The van der Waals surface area contributed by atoms with Gasteiger partial charge in [0.25, 0.3) is 0 Å². The van der Waals surface area contributed by atoms with Crippen molar-refractivity contribution in [2.45, 2.75) is 38.1 Å². The van der Waals surface area contributed by atoms with E-state index in [0.717, 1.165) is 18.5 Å². The number of amides is 2. The number of aromatic amines is 1. The molecule has 3 aliphatic carbocycles. The van der Waals surface area contributed by atoms with Crippen LogP contribution in [0.25, 0.3) is 22.4 Å².